The number of hydrogen-bond acceptors (Lipinski definition) is 3. The number of aromatic nitrogens is 2. The molecule has 0 amide bonds. The van der Waals surface area contributed by atoms with E-state index in [9.17, 15) is 5.26 Å². The molecule has 1 aromatic heterocycles. The molecule has 1 saturated heterocycles. The summed E-state index contributed by atoms with van der Waals surface area (Å²) < 4.78 is 4.52. The lowest BCUT2D eigenvalue weighted by Crippen LogP contribution is -2.40. The van der Waals surface area contributed by atoms with Gasteiger partial charge in [-0.1, -0.05) is 44.2 Å². The summed E-state index contributed by atoms with van der Waals surface area (Å²) in [4.78, 5) is 6.94. The molecule has 4 rings (SSSR count). The maximum absolute atomic E-state index is 9.30. The van der Waals surface area contributed by atoms with Crippen LogP contribution in [0.2, 0.25) is 0 Å². The molecule has 2 heterocycles. The molecule has 2 aliphatic rings. The summed E-state index contributed by atoms with van der Waals surface area (Å²) in [6, 6.07) is 8.92. The largest absolute Gasteiger partial charge is 0.310 e. The number of likely N-dealkylation sites (tertiary alicyclic amines) is 1. The number of hydrogen-bond donors (Lipinski definition) is 0. The summed E-state index contributed by atoms with van der Waals surface area (Å²) in [6.45, 7) is 6.56. The number of fused-ring (bicyclic) bond motifs is 1. The number of aryl methyl sites for hydroxylation is 1. The van der Waals surface area contributed by atoms with Crippen molar-refractivity contribution in [3.63, 3.8) is 0 Å². The molecule has 1 saturated carbocycles. The van der Waals surface area contributed by atoms with Crippen molar-refractivity contribution in [3.8, 4) is 6.19 Å². The molecular weight excluding hydrogens is 358 g/mol. The van der Waals surface area contributed by atoms with Crippen LogP contribution in [0.4, 0.5) is 0 Å². The molecule has 0 spiro atoms. The number of rotatable bonds is 4. The lowest BCUT2D eigenvalue weighted by Gasteiger charge is -2.35. The van der Waals surface area contributed by atoms with Gasteiger partial charge in [-0.25, -0.2) is 0 Å². The topological polar surface area (TPSA) is 49.2 Å². The number of nitrogens with zero attached hydrogens (tertiary/aromatic N) is 5. The predicted molar refractivity (Wildman–Crippen MR) is 117 cm³/mol. The summed E-state index contributed by atoms with van der Waals surface area (Å²) in [5, 5.41) is 9.30. The zero-order chi connectivity index (χ0) is 20.1. The third-order valence-corrected chi connectivity index (χ3v) is 7.02. The first-order chi connectivity index (χ1) is 14.3. The molecule has 0 radical (unpaired) electrons. The zero-order valence-electron chi connectivity index (χ0n) is 17.9. The SMILES string of the molecule is CCn1c(=NC#N)n(C2CCN(CC3CCCCCCC3)CC2)c2ccccc21. The molecule has 0 N–H and O–H groups in total. The molecule has 2 fully saturated rings. The van der Waals surface area contributed by atoms with Crippen LogP contribution in [0.25, 0.3) is 11.0 Å². The van der Waals surface area contributed by atoms with Crippen LogP contribution in [0.3, 0.4) is 0 Å². The van der Waals surface area contributed by atoms with Crippen molar-refractivity contribution in [1.82, 2.24) is 14.0 Å². The van der Waals surface area contributed by atoms with Gasteiger partial charge in [-0.05, 0) is 50.7 Å². The Morgan fingerprint density at radius 3 is 2.28 bits per heavy atom. The molecule has 5 nitrogen and oxygen atoms in total. The average Bonchev–Trinajstić information content (AvgIpc) is 3.04. The summed E-state index contributed by atoms with van der Waals surface area (Å²) in [5.41, 5.74) is 3.21. The standard InChI is InChI=1S/C24H35N5/c1-2-28-22-12-8-9-13-23(22)29(24(28)26-19-25)21-14-16-27(17-15-21)18-20-10-6-4-3-5-7-11-20/h8-9,12-13,20-21H,2-7,10-11,14-18H2,1H3. The van der Waals surface area contributed by atoms with E-state index in [1.54, 1.807) is 0 Å². The van der Waals surface area contributed by atoms with Crippen molar-refractivity contribution >= 4 is 11.0 Å². The van der Waals surface area contributed by atoms with E-state index in [0.29, 0.717) is 6.04 Å². The monoisotopic (exact) mass is 393 g/mol. The summed E-state index contributed by atoms with van der Waals surface area (Å²) >= 11 is 0. The van der Waals surface area contributed by atoms with Gasteiger partial charge in [-0.3, -0.25) is 0 Å². The van der Waals surface area contributed by atoms with Crippen molar-refractivity contribution in [2.24, 2.45) is 10.9 Å². The molecule has 29 heavy (non-hydrogen) atoms. The smallest absolute Gasteiger partial charge is 0.221 e. The predicted octanol–water partition coefficient (Wildman–Crippen LogP) is 4.84. The van der Waals surface area contributed by atoms with Gasteiger partial charge in [0.2, 0.25) is 11.8 Å². The number of para-hydroxylation sites is 2. The highest BCUT2D eigenvalue weighted by Gasteiger charge is 2.25. The van der Waals surface area contributed by atoms with Crippen LogP contribution >= 0.6 is 0 Å². The first-order valence-corrected chi connectivity index (χ1v) is 11.7. The van der Waals surface area contributed by atoms with E-state index >= 15 is 0 Å². The first-order valence-electron chi connectivity index (χ1n) is 11.7. The Balaban J connectivity index is 1.50. The van der Waals surface area contributed by atoms with Crippen molar-refractivity contribution < 1.29 is 0 Å². The van der Waals surface area contributed by atoms with Crippen LogP contribution in [-0.2, 0) is 6.54 Å². The van der Waals surface area contributed by atoms with Crippen LogP contribution in [0.15, 0.2) is 29.3 Å². The second kappa shape index (κ2) is 9.63. The van der Waals surface area contributed by atoms with Gasteiger partial charge >= 0.3 is 0 Å². The Morgan fingerprint density at radius 1 is 0.966 bits per heavy atom. The Morgan fingerprint density at radius 2 is 1.62 bits per heavy atom. The minimum atomic E-state index is 0.424. The van der Waals surface area contributed by atoms with E-state index in [2.05, 4.69) is 50.2 Å². The Labute approximate surface area is 174 Å². The third kappa shape index (κ3) is 4.43. The van der Waals surface area contributed by atoms with E-state index in [-0.39, 0.29) is 0 Å². The van der Waals surface area contributed by atoms with E-state index in [4.69, 9.17) is 0 Å². The molecule has 0 unspecified atom stereocenters. The van der Waals surface area contributed by atoms with E-state index in [0.717, 1.165) is 44.0 Å². The Hall–Kier alpha value is -2.06. The first kappa shape index (κ1) is 20.2. The fraction of sp³-hybridized carbons (Fsp3) is 0.667. The lowest BCUT2D eigenvalue weighted by atomic mass is 9.90. The van der Waals surface area contributed by atoms with Crippen molar-refractivity contribution in [2.45, 2.75) is 77.3 Å². The van der Waals surface area contributed by atoms with Gasteiger partial charge in [0.1, 0.15) is 0 Å². The third-order valence-electron chi connectivity index (χ3n) is 7.02. The summed E-state index contributed by atoms with van der Waals surface area (Å²) in [5.74, 6) is 0.894. The quantitative estimate of drug-likeness (QED) is 0.698. The molecule has 0 bridgehead atoms. The second-order valence-corrected chi connectivity index (χ2v) is 8.86. The minimum absolute atomic E-state index is 0.424. The van der Waals surface area contributed by atoms with E-state index in [1.165, 1.54) is 62.5 Å². The van der Waals surface area contributed by atoms with Gasteiger partial charge in [0.05, 0.1) is 11.0 Å². The van der Waals surface area contributed by atoms with Crippen LogP contribution in [0.1, 0.15) is 70.8 Å². The van der Waals surface area contributed by atoms with Gasteiger partial charge < -0.3 is 14.0 Å². The highest BCUT2D eigenvalue weighted by Crippen LogP contribution is 2.28. The number of piperidine rings is 1. The molecule has 2 aromatic rings. The highest BCUT2D eigenvalue weighted by molar-refractivity contribution is 5.76. The molecule has 5 heteroatoms. The van der Waals surface area contributed by atoms with Crippen molar-refractivity contribution in [3.05, 3.63) is 29.9 Å². The van der Waals surface area contributed by atoms with Gasteiger partial charge in [0.25, 0.3) is 0 Å². The Kier molecular flexibility index (Phi) is 6.71. The van der Waals surface area contributed by atoms with Crippen LogP contribution in [0.5, 0.6) is 0 Å². The highest BCUT2D eigenvalue weighted by atomic mass is 15.2. The molecule has 1 aromatic carbocycles. The van der Waals surface area contributed by atoms with Crippen LogP contribution in [-0.4, -0.2) is 33.7 Å². The second-order valence-electron chi connectivity index (χ2n) is 8.86. The van der Waals surface area contributed by atoms with Crippen molar-refractivity contribution in [2.75, 3.05) is 19.6 Å². The van der Waals surface area contributed by atoms with Crippen molar-refractivity contribution in [1.29, 1.82) is 5.26 Å². The van der Waals surface area contributed by atoms with Gasteiger partial charge in [0.15, 0.2) is 0 Å². The molecule has 156 valence electrons. The van der Waals surface area contributed by atoms with Gasteiger partial charge in [-0.2, -0.15) is 5.26 Å². The summed E-state index contributed by atoms with van der Waals surface area (Å²) in [7, 11) is 0. The maximum atomic E-state index is 9.30. The fourth-order valence-electron chi connectivity index (χ4n) is 5.52. The number of nitriles is 1. The molecular formula is C24H35N5. The fourth-order valence-corrected chi connectivity index (χ4v) is 5.52. The minimum Gasteiger partial charge on any atom is -0.310 e. The lowest BCUT2D eigenvalue weighted by molar-refractivity contribution is 0.151. The van der Waals surface area contributed by atoms with E-state index in [1.807, 2.05) is 6.19 Å². The molecule has 1 aliphatic carbocycles. The van der Waals surface area contributed by atoms with Gasteiger partial charge in [-0.15, -0.1) is 4.99 Å². The average molecular weight is 394 g/mol. The van der Waals surface area contributed by atoms with Crippen LogP contribution in [0, 0.1) is 17.4 Å². The maximum Gasteiger partial charge on any atom is 0.221 e. The summed E-state index contributed by atoms with van der Waals surface area (Å²) in [6.07, 6.45) is 14.3. The van der Waals surface area contributed by atoms with Crippen LogP contribution < -0.4 is 5.62 Å². The number of benzene rings is 1. The Bertz CT molecular complexity index is 899. The molecule has 0 atom stereocenters. The molecule has 1 aliphatic heterocycles. The van der Waals surface area contributed by atoms with E-state index < -0.39 is 0 Å². The van der Waals surface area contributed by atoms with Gasteiger partial charge in [0, 0.05) is 32.2 Å². The normalized spacial score (nSPS) is 21.2. The number of imidazole rings is 1. The zero-order valence-corrected chi connectivity index (χ0v) is 17.9.